The fraction of sp³-hybridized carbons (Fsp3) is 1.00. The molecule has 1 heterocycles. The van der Waals surface area contributed by atoms with Crippen LogP contribution in [0.5, 0.6) is 0 Å². The lowest BCUT2D eigenvalue weighted by molar-refractivity contribution is 0.00326. The van der Waals surface area contributed by atoms with Crippen molar-refractivity contribution in [2.24, 2.45) is 11.8 Å². The molecule has 90 valence electrons. The van der Waals surface area contributed by atoms with Gasteiger partial charge in [-0.25, -0.2) is 0 Å². The summed E-state index contributed by atoms with van der Waals surface area (Å²) in [4.78, 5) is 2.61. The first-order valence-corrected chi connectivity index (χ1v) is 6.34. The van der Waals surface area contributed by atoms with E-state index in [1.54, 1.807) is 0 Å². The van der Waals surface area contributed by atoms with Gasteiger partial charge >= 0.3 is 0 Å². The van der Waals surface area contributed by atoms with Crippen LogP contribution >= 0.6 is 0 Å². The van der Waals surface area contributed by atoms with Crippen LogP contribution in [0.3, 0.4) is 0 Å². The van der Waals surface area contributed by atoms with E-state index in [-0.39, 0.29) is 5.54 Å². The van der Waals surface area contributed by atoms with Crippen LogP contribution in [0.25, 0.3) is 0 Å². The van der Waals surface area contributed by atoms with Crippen LogP contribution in [0.1, 0.15) is 47.0 Å². The Labute approximate surface area is 94.7 Å². The maximum absolute atomic E-state index is 9.10. The van der Waals surface area contributed by atoms with E-state index in [9.17, 15) is 0 Å². The van der Waals surface area contributed by atoms with Gasteiger partial charge in [-0.3, -0.25) is 4.90 Å². The van der Waals surface area contributed by atoms with Crippen LogP contribution in [0.15, 0.2) is 0 Å². The third-order valence-corrected chi connectivity index (χ3v) is 3.86. The Kier molecular flexibility index (Phi) is 4.60. The van der Waals surface area contributed by atoms with Gasteiger partial charge in [0.2, 0.25) is 0 Å². The molecule has 1 saturated heterocycles. The molecule has 1 rings (SSSR count). The maximum atomic E-state index is 9.10. The smallest absolute Gasteiger partial charge is 0.0434 e. The van der Waals surface area contributed by atoms with Gasteiger partial charge in [0.15, 0.2) is 0 Å². The largest absolute Gasteiger partial charge is 0.396 e. The Hall–Kier alpha value is -0.0800. The van der Waals surface area contributed by atoms with E-state index in [0.717, 1.165) is 12.3 Å². The number of piperidine rings is 1. The summed E-state index contributed by atoms with van der Waals surface area (Å²) in [5, 5.41) is 9.10. The number of rotatable bonds is 4. The molecule has 0 amide bonds. The molecule has 2 nitrogen and oxygen atoms in total. The summed E-state index contributed by atoms with van der Waals surface area (Å²) in [7, 11) is 0. The zero-order valence-electron chi connectivity index (χ0n) is 10.8. The highest BCUT2D eigenvalue weighted by atomic mass is 16.3. The number of aliphatic hydroxyl groups excluding tert-OH is 1. The van der Waals surface area contributed by atoms with Crippen LogP contribution in [0.4, 0.5) is 0 Å². The molecule has 0 aromatic carbocycles. The minimum absolute atomic E-state index is 0.269. The van der Waals surface area contributed by atoms with E-state index < -0.39 is 0 Å². The van der Waals surface area contributed by atoms with Crippen molar-refractivity contribution in [2.75, 3.05) is 19.7 Å². The van der Waals surface area contributed by atoms with Crippen molar-refractivity contribution in [1.82, 2.24) is 4.90 Å². The molecule has 0 aliphatic carbocycles. The summed E-state index contributed by atoms with van der Waals surface area (Å²) >= 11 is 0. The van der Waals surface area contributed by atoms with Crippen LogP contribution in [-0.2, 0) is 0 Å². The SMILES string of the molecule is CC(C)CN1CCCC(CCO)C1(C)C. The van der Waals surface area contributed by atoms with Gasteiger partial charge in [-0.05, 0) is 51.5 Å². The molecule has 1 aliphatic heterocycles. The second-order valence-electron chi connectivity index (χ2n) is 5.84. The molecule has 1 unspecified atom stereocenters. The number of nitrogens with zero attached hydrogens (tertiary/aromatic N) is 1. The molecule has 0 aromatic heterocycles. The summed E-state index contributed by atoms with van der Waals surface area (Å²) in [5.41, 5.74) is 0.269. The normalized spacial score (nSPS) is 27.2. The molecule has 1 N–H and O–H groups in total. The first-order valence-electron chi connectivity index (χ1n) is 6.34. The Morgan fingerprint density at radius 3 is 2.60 bits per heavy atom. The highest BCUT2D eigenvalue weighted by Crippen LogP contribution is 2.35. The Morgan fingerprint density at radius 2 is 2.07 bits per heavy atom. The summed E-state index contributed by atoms with van der Waals surface area (Å²) in [6.07, 6.45) is 3.53. The summed E-state index contributed by atoms with van der Waals surface area (Å²) in [6.45, 7) is 12.0. The van der Waals surface area contributed by atoms with Crippen molar-refractivity contribution < 1.29 is 5.11 Å². The van der Waals surface area contributed by atoms with Crippen molar-refractivity contribution >= 4 is 0 Å². The Balaban J connectivity index is 2.63. The minimum Gasteiger partial charge on any atom is -0.396 e. The van der Waals surface area contributed by atoms with E-state index in [1.165, 1.54) is 25.9 Å². The molecular weight excluding hydrogens is 186 g/mol. The van der Waals surface area contributed by atoms with E-state index in [2.05, 4.69) is 32.6 Å². The van der Waals surface area contributed by atoms with Gasteiger partial charge < -0.3 is 5.11 Å². The number of likely N-dealkylation sites (tertiary alicyclic amines) is 1. The van der Waals surface area contributed by atoms with Crippen molar-refractivity contribution in [3.63, 3.8) is 0 Å². The van der Waals surface area contributed by atoms with Crippen molar-refractivity contribution in [1.29, 1.82) is 0 Å². The topological polar surface area (TPSA) is 23.5 Å². The predicted molar refractivity (Wildman–Crippen MR) is 64.9 cm³/mol. The molecular formula is C13H27NO. The number of hydrogen-bond donors (Lipinski definition) is 1. The number of aliphatic hydroxyl groups is 1. The second-order valence-corrected chi connectivity index (χ2v) is 5.84. The molecule has 1 fully saturated rings. The lowest BCUT2D eigenvalue weighted by atomic mass is 9.77. The van der Waals surface area contributed by atoms with E-state index in [0.29, 0.717) is 12.5 Å². The highest BCUT2D eigenvalue weighted by molar-refractivity contribution is 4.92. The molecule has 0 bridgehead atoms. The van der Waals surface area contributed by atoms with Crippen LogP contribution in [0.2, 0.25) is 0 Å². The number of hydrogen-bond acceptors (Lipinski definition) is 2. The Morgan fingerprint density at radius 1 is 1.40 bits per heavy atom. The molecule has 0 aromatic rings. The molecule has 15 heavy (non-hydrogen) atoms. The van der Waals surface area contributed by atoms with Gasteiger partial charge in [0.25, 0.3) is 0 Å². The lowest BCUT2D eigenvalue weighted by Gasteiger charge is -2.49. The van der Waals surface area contributed by atoms with Crippen LogP contribution in [0, 0.1) is 11.8 Å². The zero-order valence-corrected chi connectivity index (χ0v) is 10.8. The van der Waals surface area contributed by atoms with Gasteiger partial charge in [0.05, 0.1) is 0 Å². The minimum atomic E-state index is 0.269. The van der Waals surface area contributed by atoms with Gasteiger partial charge in [-0.2, -0.15) is 0 Å². The van der Waals surface area contributed by atoms with Gasteiger partial charge in [0, 0.05) is 18.7 Å². The molecule has 2 heteroatoms. The Bertz CT molecular complexity index is 187. The van der Waals surface area contributed by atoms with E-state index in [4.69, 9.17) is 5.11 Å². The fourth-order valence-electron chi connectivity index (χ4n) is 2.85. The van der Waals surface area contributed by atoms with Crippen molar-refractivity contribution in [3.8, 4) is 0 Å². The van der Waals surface area contributed by atoms with Gasteiger partial charge in [-0.1, -0.05) is 13.8 Å². The molecule has 0 saturated carbocycles. The monoisotopic (exact) mass is 213 g/mol. The van der Waals surface area contributed by atoms with Gasteiger partial charge in [0.1, 0.15) is 0 Å². The summed E-state index contributed by atoms with van der Waals surface area (Å²) in [5.74, 6) is 1.40. The molecule has 0 radical (unpaired) electrons. The first-order chi connectivity index (χ1) is 6.98. The van der Waals surface area contributed by atoms with Crippen molar-refractivity contribution in [3.05, 3.63) is 0 Å². The lowest BCUT2D eigenvalue weighted by Crippen LogP contribution is -2.54. The molecule has 1 aliphatic rings. The zero-order chi connectivity index (χ0) is 11.5. The van der Waals surface area contributed by atoms with Crippen LogP contribution < -0.4 is 0 Å². The third kappa shape index (κ3) is 3.18. The first kappa shape index (κ1) is 13.0. The van der Waals surface area contributed by atoms with Crippen molar-refractivity contribution in [2.45, 2.75) is 52.5 Å². The van der Waals surface area contributed by atoms with Crippen LogP contribution in [-0.4, -0.2) is 35.2 Å². The van der Waals surface area contributed by atoms with E-state index in [1.807, 2.05) is 0 Å². The third-order valence-electron chi connectivity index (χ3n) is 3.86. The fourth-order valence-corrected chi connectivity index (χ4v) is 2.85. The average Bonchev–Trinajstić information content (AvgIpc) is 2.12. The van der Waals surface area contributed by atoms with Gasteiger partial charge in [-0.15, -0.1) is 0 Å². The maximum Gasteiger partial charge on any atom is 0.0434 e. The summed E-state index contributed by atoms with van der Waals surface area (Å²) in [6, 6.07) is 0. The summed E-state index contributed by atoms with van der Waals surface area (Å²) < 4.78 is 0. The van der Waals surface area contributed by atoms with E-state index >= 15 is 0 Å². The standard InChI is InChI=1S/C13H27NO/c1-11(2)10-14-8-5-6-12(7-9-15)13(14,3)4/h11-12,15H,5-10H2,1-4H3. The average molecular weight is 213 g/mol. The molecule has 0 spiro atoms. The quantitative estimate of drug-likeness (QED) is 0.775. The highest BCUT2D eigenvalue weighted by Gasteiger charge is 2.37. The second kappa shape index (κ2) is 5.31. The molecule has 1 atom stereocenters. The predicted octanol–water partition coefficient (Wildman–Crippen LogP) is 2.52.